The molecule has 9 nitrogen and oxygen atoms in total. The van der Waals surface area contributed by atoms with Crippen LogP contribution in [0.25, 0.3) is 0 Å². The van der Waals surface area contributed by atoms with Crippen molar-refractivity contribution in [1.82, 2.24) is 19.8 Å². The Morgan fingerprint density at radius 2 is 2.22 bits per heavy atom. The number of amides is 2. The first kappa shape index (κ1) is 15.3. The second-order valence-corrected chi connectivity index (χ2v) is 5.30. The summed E-state index contributed by atoms with van der Waals surface area (Å²) in [5.41, 5.74) is 0. The zero-order valence-electron chi connectivity index (χ0n) is 12.8. The Hall–Kier alpha value is -2.58. The van der Waals surface area contributed by atoms with Crippen LogP contribution in [0.1, 0.15) is 6.42 Å². The van der Waals surface area contributed by atoms with Gasteiger partial charge in [0, 0.05) is 13.0 Å². The number of likely N-dealkylation sites (tertiary alicyclic amines) is 1. The largest absolute Gasteiger partial charge is 0.480 e. The van der Waals surface area contributed by atoms with Gasteiger partial charge in [0.15, 0.2) is 0 Å². The van der Waals surface area contributed by atoms with Gasteiger partial charge in [0.05, 0.1) is 32.6 Å². The molecule has 0 radical (unpaired) electrons. The van der Waals surface area contributed by atoms with Gasteiger partial charge in [0.2, 0.25) is 17.7 Å². The van der Waals surface area contributed by atoms with E-state index in [4.69, 9.17) is 14.2 Å². The molecule has 0 spiro atoms. The average molecular weight is 322 g/mol. The average Bonchev–Trinajstić information content (AvgIpc) is 3.17. The lowest BCUT2D eigenvalue weighted by molar-refractivity contribution is -0.130. The zero-order chi connectivity index (χ0) is 16.2. The summed E-state index contributed by atoms with van der Waals surface area (Å²) in [6.45, 7) is 1.89. The molecule has 1 aromatic heterocycles. The first-order valence-electron chi connectivity index (χ1n) is 7.38. The maximum absolute atomic E-state index is 12.2. The Morgan fingerprint density at radius 3 is 2.96 bits per heavy atom. The molecular formula is C14H18N4O5. The molecule has 9 heteroatoms. The van der Waals surface area contributed by atoms with Gasteiger partial charge in [0.25, 0.3) is 0 Å². The predicted molar refractivity (Wildman–Crippen MR) is 77.1 cm³/mol. The molecule has 0 N–H and O–H groups in total. The third kappa shape index (κ3) is 3.61. The van der Waals surface area contributed by atoms with Crippen molar-refractivity contribution in [3.63, 3.8) is 0 Å². The van der Waals surface area contributed by atoms with Crippen molar-refractivity contribution >= 4 is 12.0 Å². The van der Waals surface area contributed by atoms with E-state index in [0.717, 1.165) is 0 Å². The fraction of sp³-hybridized carbons (Fsp3) is 0.571. The molecule has 3 heterocycles. The molecule has 2 saturated heterocycles. The van der Waals surface area contributed by atoms with Crippen LogP contribution in [-0.4, -0.2) is 77.8 Å². The fourth-order valence-corrected chi connectivity index (χ4v) is 2.54. The Bertz CT molecular complexity index is 596. The summed E-state index contributed by atoms with van der Waals surface area (Å²) in [7, 11) is 1.51. The number of carbonyl (C=O) groups is 2. The topological polar surface area (TPSA) is 94.1 Å². The molecule has 0 bridgehead atoms. The van der Waals surface area contributed by atoms with Crippen LogP contribution in [0.4, 0.5) is 4.79 Å². The molecule has 23 heavy (non-hydrogen) atoms. The van der Waals surface area contributed by atoms with E-state index in [1.165, 1.54) is 24.4 Å². The highest BCUT2D eigenvalue weighted by molar-refractivity contribution is 5.83. The van der Waals surface area contributed by atoms with Crippen molar-refractivity contribution in [1.29, 1.82) is 0 Å². The SMILES string of the molecule is COc1cncc(OC2CCN(C(=O)CN3CCOC3=O)C2)n1. The van der Waals surface area contributed by atoms with E-state index < -0.39 is 6.09 Å². The van der Waals surface area contributed by atoms with Crippen LogP contribution < -0.4 is 9.47 Å². The lowest BCUT2D eigenvalue weighted by atomic mass is 10.3. The molecule has 0 saturated carbocycles. The molecule has 0 aliphatic carbocycles. The van der Waals surface area contributed by atoms with Gasteiger partial charge in [-0.05, 0) is 0 Å². The minimum atomic E-state index is -0.433. The maximum Gasteiger partial charge on any atom is 0.410 e. The Balaban J connectivity index is 1.51. The minimum absolute atomic E-state index is 0.0461. The summed E-state index contributed by atoms with van der Waals surface area (Å²) in [6, 6.07) is 0. The monoisotopic (exact) mass is 322 g/mol. The number of cyclic esters (lactones) is 1. The number of rotatable bonds is 5. The number of hydrogen-bond donors (Lipinski definition) is 0. The number of ether oxygens (including phenoxy) is 3. The summed E-state index contributed by atoms with van der Waals surface area (Å²) in [4.78, 5) is 34.8. The fourth-order valence-electron chi connectivity index (χ4n) is 2.54. The Labute approximate surface area is 133 Å². The van der Waals surface area contributed by atoms with Gasteiger partial charge >= 0.3 is 6.09 Å². The van der Waals surface area contributed by atoms with E-state index in [1.807, 2.05) is 0 Å². The first-order chi connectivity index (χ1) is 11.2. The van der Waals surface area contributed by atoms with Gasteiger partial charge in [0.1, 0.15) is 19.3 Å². The first-order valence-corrected chi connectivity index (χ1v) is 7.38. The normalized spacial score (nSPS) is 20.6. The van der Waals surface area contributed by atoms with E-state index in [1.54, 1.807) is 4.90 Å². The van der Waals surface area contributed by atoms with Crippen molar-refractivity contribution < 1.29 is 23.8 Å². The van der Waals surface area contributed by atoms with Crippen LogP contribution in [0.5, 0.6) is 11.8 Å². The lowest BCUT2D eigenvalue weighted by Crippen LogP contribution is -2.40. The van der Waals surface area contributed by atoms with Crippen molar-refractivity contribution in [3.05, 3.63) is 12.4 Å². The van der Waals surface area contributed by atoms with Crippen molar-refractivity contribution in [2.75, 3.05) is 39.9 Å². The quantitative estimate of drug-likeness (QED) is 0.748. The highest BCUT2D eigenvalue weighted by Gasteiger charge is 2.31. The van der Waals surface area contributed by atoms with Crippen LogP contribution in [0, 0.1) is 0 Å². The van der Waals surface area contributed by atoms with E-state index in [9.17, 15) is 9.59 Å². The van der Waals surface area contributed by atoms with Gasteiger partial charge in [-0.25, -0.2) is 4.79 Å². The predicted octanol–water partition coefficient (Wildman–Crippen LogP) is -0.0829. The summed E-state index contributed by atoms with van der Waals surface area (Å²) in [5, 5.41) is 0. The molecule has 3 rings (SSSR count). The summed E-state index contributed by atoms with van der Waals surface area (Å²) >= 11 is 0. The van der Waals surface area contributed by atoms with Crippen LogP contribution in [-0.2, 0) is 9.53 Å². The highest BCUT2D eigenvalue weighted by Crippen LogP contribution is 2.18. The van der Waals surface area contributed by atoms with Gasteiger partial charge < -0.3 is 19.1 Å². The summed E-state index contributed by atoms with van der Waals surface area (Å²) < 4.78 is 15.5. The van der Waals surface area contributed by atoms with Crippen molar-refractivity contribution in [3.8, 4) is 11.8 Å². The molecule has 1 atom stereocenters. The van der Waals surface area contributed by atoms with E-state index in [-0.39, 0.29) is 18.6 Å². The molecule has 2 amide bonds. The van der Waals surface area contributed by atoms with Gasteiger partial charge in [-0.2, -0.15) is 4.98 Å². The number of nitrogens with zero attached hydrogens (tertiary/aromatic N) is 4. The second kappa shape index (κ2) is 6.67. The minimum Gasteiger partial charge on any atom is -0.480 e. The van der Waals surface area contributed by atoms with Gasteiger partial charge in [-0.3, -0.25) is 14.7 Å². The molecule has 2 aliphatic rings. The number of hydrogen-bond acceptors (Lipinski definition) is 7. The molecule has 1 unspecified atom stereocenters. The Morgan fingerprint density at radius 1 is 1.39 bits per heavy atom. The molecule has 2 aliphatic heterocycles. The van der Waals surface area contributed by atoms with Crippen molar-refractivity contribution in [2.45, 2.75) is 12.5 Å². The van der Waals surface area contributed by atoms with Crippen LogP contribution >= 0.6 is 0 Å². The van der Waals surface area contributed by atoms with Crippen LogP contribution in [0.2, 0.25) is 0 Å². The second-order valence-electron chi connectivity index (χ2n) is 5.30. The number of carbonyl (C=O) groups excluding carboxylic acids is 2. The maximum atomic E-state index is 12.2. The van der Waals surface area contributed by atoms with Crippen LogP contribution in [0.15, 0.2) is 12.4 Å². The lowest BCUT2D eigenvalue weighted by Gasteiger charge is -2.19. The summed E-state index contributed by atoms with van der Waals surface area (Å²) in [5.74, 6) is 0.638. The third-order valence-corrected chi connectivity index (χ3v) is 3.76. The molecule has 124 valence electrons. The van der Waals surface area contributed by atoms with Crippen LogP contribution in [0.3, 0.4) is 0 Å². The van der Waals surface area contributed by atoms with E-state index in [0.29, 0.717) is 44.4 Å². The molecule has 2 fully saturated rings. The van der Waals surface area contributed by atoms with Gasteiger partial charge in [-0.15, -0.1) is 0 Å². The zero-order valence-corrected chi connectivity index (χ0v) is 12.8. The van der Waals surface area contributed by atoms with E-state index in [2.05, 4.69) is 9.97 Å². The molecular weight excluding hydrogens is 304 g/mol. The standard InChI is InChI=1S/C14H18N4O5/c1-21-11-6-15-7-12(16-11)23-10-2-3-17(8-10)13(19)9-18-4-5-22-14(18)20/h6-7,10H,2-5,8-9H2,1H3. The third-order valence-electron chi connectivity index (χ3n) is 3.76. The van der Waals surface area contributed by atoms with E-state index >= 15 is 0 Å². The molecule has 0 aromatic carbocycles. The Kier molecular flexibility index (Phi) is 4.45. The smallest absolute Gasteiger partial charge is 0.410 e. The number of methoxy groups -OCH3 is 1. The molecule has 1 aromatic rings. The van der Waals surface area contributed by atoms with Gasteiger partial charge in [-0.1, -0.05) is 0 Å². The van der Waals surface area contributed by atoms with Crippen molar-refractivity contribution in [2.24, 2.45) is 0 Å². The highest BCUT2D eigenvalue weighted by atomic mass is 16.6. The number of aromatic nitrogens is 2. The summed E-state index contributed by atoms with van der Waals surface area (Å²) in [6.07, 6.45) is 3.12.